The number of benzene rings is 2. The zero-order chi connectivity index (χ0) is 19.8. The topological polar surface area (TPSA) is 68.5 Å². The molecule has 4 N–H and O–H groups in total. The van der Waals surface area contributed by atoms with Crippen molar-refractivity contribution in [1.29, 1.82) is 0 Å². The van der Waals surface area contributed by atoms with Crippen LogP contribution in [-0.2, 0) is 6.54 Å². The van der Waals surface area contributed by atoms with Gasteiger partial charge in [0.15, 0.2) is 23.3 Å². The first kappa shape index (κ1) is 18.2. The molecular weight excluding hydrogens is 398 g/mol. The molecule has 0 saturated heterocycles. The smallest absolute Gasteiger partial charge is 0.199 e. The van der Waals surface area contributed by atoms with Crippen LogP contribution in [0.5, 0.6) is 0 Å². The van der Waals surface area contributed by atoms with Crippen LogP contribution in [0.15, 0.2) is 36.5 Å². The number of nitrogens with one attached hydrogen (secondary N) is 4. The number of anilines is 3. The average Bonchev–Trinajstić information content (AvgIpc) is 3.30. The van der Waals surface area contributed by atoms with Gasteiger partial charge in [0.1, 0.15) is 11.6 Å². The number of hydrogen-bond donors (Lipinski definition) is 4. The van der Waals surface area contributed by atoms with Crippen molar-refractivity contribution in [2.45, 2.75) is 6.54 Å². The number of aromatic nitrogens is 3. The van der Waals surface area contributed by atoms with Gasteiger partial charge < -0.3 is 15.6 Å². The van der Waals surface area contributed by atoms with Crippen molar-refractivity contribution in [3.8, 4) is 0 Å². The van der Waals surface area contributed by atoms with E-state index in [4.69, 9.17) is 11.6 Å². The summed E-state index contributed by atoms with van der Waals surface area (Å²) in [4.78, 5) is 2.43. The van der Waals surface area contributed by atoms with Crippen LogP contribution in [0, 0.1) is 23.3 Å². The summed E-state index contributed by atoms with van der Waals surface area (Å²) in [5.74, 6) is -5.64. The Bertz CT molecular complexity index is 1170. The number of hydrogen-bond acceptors (Lipinski definition) is 3. The molecule has 2 heterocycles. The van der Waals surface area contributed by atoms with Gasteiger partial charge in [0.2, 0.25) is 0 Å². The number of halogens is 5. The van der Waals surface area contributed by atoms with Crippen molar-refractivity contribution in [1.82, 2.24) is 15.2 Å². The second kappa shape index (κ2) is 7.08. The van der Waals surface area contributed by atoms with Crippen molar-refractivity contribution in [3.05, 3.63) is 70.4 Å². The zero-order valence-corrected chi connectivity index (χ0v) is 14.8. The minimum absolute atomic E-state index is 0.00287. The Balaban J connectivity index is 1.52. The maximum absolute atomic E-state index is 14.1. The van der Waals surface area contributed by atoms with E-state index in [0.29, 0.717) is 16.7 Å². The molecule has 0 unspecified atom stereocenters. The van der Waals surface area contributed by atoms with Gasteiger partial charge in [-0.3, -0.25) is 5.10 Å². The lowest BCUT2D eigenvalue weighted by Crippen LogP contribution is -2.02. The Morgan fingerprint density at radius 2 is 1.79 bits per heavy atom. The van der Waals surface area contributed by atoms with E-state index in [-0.39, 0.29) is 17.5 Å². The molecule has 2 aromatic heterocycles. The summed E-state index contributed by atoms with van der Waals surface area (Å²) in [6, 6.07) is 8.72. The molecule has 5 nitrogen and oxygen atoms in total. The Labute approximate surface area is 160 Å². The van der Waals surface area contributed by atoms with Crippen LogP contribution in [0.1, 0.15) is 5.56 Å². The molecule has 0 fully saturated rings. The third kappa shape index (κ3) is 3.24. The van der Waals surface area contributed by atoms with Gasteiger partial charge in [-0.1, -0.05) is 17.7 Å². The molecule has 4 aromatic rings. The van der Waals surface area contributed by atoms with Crippen LogP contribution in [0.3, 0.4) is 0 Å². The van der Waals surface area contributed by atoms with Gasteiger partial charge in [0.05, 0.1) is 5.52 Å². The molecule has 28 heavy (non-hydrogen) atoms. The van der Waals surface area contributed by atoms with Gasteiger partial charge in [-0.05, 0) is 23.8 Å². The van der Waals surface area contributed by atoms with E-state index in [1.807, 2.05) is 6.07 Å². The number of fused-ring (bicyclic) bond motifs is 1. The molecule has 0 amide bonds. The molecule has 0 saturated carbocycles. The van der Waals surface area contributed by atoms with Crippen molar-refractivity contribution >= 4 is 39.8 Å². The summed E-state index contributed by atoms with van der Waals surface area (Å²) in [5, 5.41) is 13.0. The van der Waals surface area contributed by atoms with E-state index in [2.05, 4.69) is 25.8 Å². The predicted octanol–water partition coefficient (Wildman–Crippen LogP) is 5.46. The maximum atomic E-state index is 14.1. The largest absolute Gasteiger partial charge is 0.364 e. The molecular formula is C18H12ClF4N5. The maximum Gasteiger partial charge on any atom is 0.199 e. The molecule has 4 rings (SSSR count). The van der Waals surface area contributed by atoms with Crippen LogP contribution < -0.4 is 10.6 Å². The lowest BCUT2D eigenvalue weighted by Gasteiger charge is -2.04. The Kier molecular flexibility index (Phi) is 4.60. The predicted molar refractivity (Wildman–Crippen MR) is 98.8 cm³/mol. The third-order valence-electron chi connectivity index (χ3n) is 4.12. The fourth-order valence-corrected chi connectivity index (χ4v) is 3.01. The molecule has 0 bridgehead atoms. The molecule has 10 heteroatoms. The Morgan fingerprint density at radius 3 is 2.57 bits per heavy atom. The molecule has 0 aliphatic rings. The van der Waals surface area contributed by atoms with Crippen LogP contribution in [-0.4, -0.2) is 15.2 Å². The third-order valence-corrected chi connectivity index (χ3v) is 4.36. The van der Waals surface area contributed by atoms with E-state index >= 15 is 0 Å². The highest BCUT2D eigenvalue weighted by molar-refractivity contribution is 6.30. The fraction of sp³-hybridized carbons (Fsp3) is 0.0556. The average molecular weight is 410 g/mol. The summed E-state index contributed by atoms with van der Waals surface area (Å²) in [6.07, 6.45) is 1.28. The Morgan fingerprint density at radius 1 is 1.00 bits per heavy atom. The van der Waals surface area contributed by atoms with Crippen LogP contribution >= 0.6 is 11.6 Å². The molecule has 0 atom stereocenters. The van der Waals surface area contributed by atoms with E-state index in [1.165, 1.54) is 6.20 Å². The lowest BCUT2D eigenvalue weighted by molar-refractivity contribution is 0.417. The molecule has 144 valence electrons. The molecule has 0 aliphatic carbocycles. The van der Waals surface area contributed by atoms with E-state index in [0.717, 1.165) is 5.69 Å². The fourth-order valence-electron chi connectivity index (χ4n) is 2.82. The minimum Gasteiger partial charge on any atom is -0.364 e. The van der Waals surface area contributed by atoms with E-state index in [9.17, 15) is 17.6 Å². The number of nitrogens with zero attached hydrogens (tertiary/aromatic N) is 1. The highest BCUT2D eigenvalue weighted by Gasteiger charge is 2.23. The van der Waals surface area contributed by atoms with Crippen molar-refractivity contribution in [2.24, 2.45) is 0 Å². The first-order chi connectivity index (χ1) is 13.4. The molecule has 0 spiro atoms. The summed E-state index contributed by atoms with van der Waals surface area (Å²) >= 11 is 5.93. The van der Waals surface area contributed by atoms with Crippen molar-refractivity contribution in [3.63, 3.8) is 0 Å². The monoisotopic (exact) mass is 409 g/mol. The van der Waals surface area contributed by atoms with Crippen molar-refractivity contribution in [2.75, 3.05) is 10.6 Å². The first-order valence-corrected chi connectivity index (χ1v) is 8.45. The van der Waals surface area contributed by atoms with Gasteiger partial charge in [-0.15, -0.1) is 0 Å². The zero-order valence-electron chi connectivity index (χ0n) is 14.0. The quantitative estimate of drug-likeness (QED) is 0.201. The van der Waals surface area contributed by atoms with E-state index < -0.39 is 28.8 Å². The lowest BCUT2D eigenvalue weighted by atomic mass is 10.1. The van der Waals surface area contributed by atoms with Crippen LogP contribution in [0.2, 0.25) is 5.02 Å². The van der Waals surface area contributed by atoms with Crippen LogP contribution in [0.25, 0.3) is 10.9 Å². The van der Waals surface area contributed by atoms with Gasteiger partial charge in [-0.2, -0.15) is 5.10 Å². The second-order valence-corrected chi connectivity index (χ2v) is 6.41. The summed E-state index contributed by atoms with van der Waals surface area (Å²) < 4.78 is 54.7. The number of H-pyrrole nitrogens is 2. The SMILES string of the molecule is Fc1c(F)c(F)c2c(CNc3cc(Nc4cccc(Cl)c4)[nH]n3)c[nH]c2c1F. The van der Waals surface area contributed by atoms with Gasteiger partial charge in [-0.25, -0.2) is 17.6 Å². The number of aromatic amines is 2. The first-order valence-electron chi connectivity index (χ1n) is 8.08. The number of rotatable bonds is 5. The summed E-state index contributed by atoms with van der Waals surface area (Å²) in [7, 11) is 0. The van der Waals surface area contributed by atoms with Gasteiger partial charge in [0, 0.05) is 34.9 Å². The van der Waals surface area contributed by atoms with E-state index in [1.54, 1.807) is 24.3 Å². The van der Waals surface area contributed by atoms with Gasteiger partial charge in [0.25, 0.3) is 0 Å². The normalized spacial score (nSPS) is 11.2. The molecule has 0 aliphatic heterocycles. The minimum atomic E-state index is -1.85. The van der Waals surface area contributed by atoms with Gasteiger partial charge >= 0.3 is 0 Å². The molecule has 2 aromatic carbocycles. The highest BCUT2D eigenvalue weighted by Crippen LogP contribution is 2.29. The summed E-state index contributed by atoms with van der Waals surface area (Å²) in [6.45, 7) is 0.00287. The second-order valence-electron chi connectivity index (χ2n) is 5.98. The summed E-state index contributed by atoms with van der Waals surface area (Å²) in [5.41, 5.74) is 0.533. The Hall–Kier alpha value is -3.20. The highest BCUT2D eigenvalue weighted by atomic mass is 35.5. The standard InChI is InChI=1S/C18H12ClF4N5/c19-9-2-1-3-10(4-9)26-12-5-11(27-28-12)24-6-8-7-25-18-13(8)14(20)15(21)16(22)17(18)23/h1-5,7,25H,6H2,(H3,24,26,27,28). The van der Waals surface area contributed by atoms with Crippen molar-refractivity contribution < 1.29 is 17.6 Å². The molecule has 0 radical (unpaired) electrons. The van der Waals surface area contributed by atoms with Crippen LogP contribution in [0.4, 0.5) is 34.9 Å².